The van der Waals surface area contributed by atoms with Crippen molar-refractivity contribution in [3.8, 4) is 0 Å². The molecule has 8 nitrogen and oxygen atoms in total. The summed E-state index contributed by atoms with van der Waals surface area (Å²) < 4.78 is 15.1. The number of nitrogens with two attached hydrogens (primary N) is 1. The van der Waals surface area contributed by atoms with Gasteiger partial charge in [0.05, 0.1) is 0 Å². The third kappa shape index (κ3) is 4.59. The average molecular weight is 424 g/mol. The lowest BCUT2D eigenvalue weighted by molar-refractivity contribution is -0.117. The van der Waals surface area contributed by atoms with E-state index in [1.54, 1.807) is 16.9 Å². The quantitative estimate of drug-likeness (QED) is 0.667. The monoisotopic (exact) mass is 424 g/mol. The first kappa shape index (κ1) is 21.0. The van der Waals surface area contributed by atoms with Crippen LogP contribution in [0.3, 0.4) is 0 Å². The summed E-state index contributed by atoms with van der Waals surface area (Å²) in [6.45, 7) is 9.68. The summed E-state index contributed by atoms with van der Waals surface area (Å²) in [5, 5.41) is 7.21. The molecule has 31 heavy (non-hydrogen) atoms. The molecule has 2 aliphatic rings. The Morgan fingerprint density at radius 2 is 2.06 bits per heavy atom. The molecular formula is C22H25FN6O2. The van der Waals surface area contributed by atoms with Crippen molar-refractivity contribution in [3.05, 3.63) is 58.8 Å². The number of anilines is 1. The molecule has 0 unspecified atom stereocenters. The second kappa shape index (κ2) is 8.47. The normalized spacial score (nSPS) is 18.3. The number of benzene rings is 1. The zero-order valence-electron chi connectivity index (χ0n) is 17.2. The highest BCUT2D eigenvalue weighted by molar-refractivity contribution is 6.02. The molecule has 1 saturated heterocycles. The second-order valence-electron chi connectivity index (χ2n) is 8.41. The van der Waals surface area contributed by atoms with Gasteiger partial charge in [-0.1, -0.05) is 12.1 Å². The van der Waals surface area contributed by atoms with Crippen LogP contribution in [0.4, 0.5) is 10.2 Å². The van der Waals surface area contributed by atoms with E-state index >= 15 is 0 Å². The predicted molar refractivity (Wildman–Crippen MR) is 112 cm³/mol. The van der Waals surface area contributed by atoms with Crippen molar-refractivity contribution in [1.29, 1.82) is 0 Å². The number of amides is 2. The Morgan fingerprint density at radius 3 is 2.68 bits per heavy atom. The van der Waals surface area contributed by atoms with Gasteiger partial charge in [0, 0.05) is 31.7 Å². The number of nitrogens with one attached hydrogen (secondary N) is 1. The number of carbonyl (C=O) groups is 2. The summed E-state index contributed by atoms with van der Waals surface area (Å²) in [6, 6.07) is 6.55. The van der Waals surface area contributed by atoms with Crippen molar-refractivity contribution >= 4 is 17.6 Å². The number of likely N-dealkylation sites (tertiary alicyclic amines) is 1. The minimum Gasteiger partial charge on any atom is -0.365 e. The van der Waals surface area contributed by atoms with Gasteiger partial charge in [-0.2, -0.15) is 5.10 Å². The summed E-state index contributed by atoms with van der Waals surface area (Å²) in [5.41, 5.74) is 5.98. The van der Waals surface area contributed by atoms with Crippen molar-refractivity contribution < 1.29 is 14.0 Å². The maximum absolute atomic E-state index is 13.5. The van der Waals surface area contributed by atoms with Gasteiger partial charge in [-0.05, 0) is 43.4 Å². The fraction of sp³-hybridized carbons (Fsp3) is 0.455. The molecule has 0 spiro atoms. The molecule has 0 atom stereocenters. The molecule has 1 aromatic heterocycles. The zero-order valence-corrected chi connectivity index (χ0v) is 17.2. The van der Waals surface area contributed by atoms with E-state index in [2.05, 4.69) is 20.2 Å². The van der Waals surface area contributed by atoms with Crippen LogP contribution < -0.4 is 11.1 Å². The zero-order chi connectivity index (χ0) is 22.0. The molecule has 9 heteroatoms. The van der Waals surface area contributed by atoms with Crippen LogP contribution in [-0.4, -0.2) is 46.1 Å². The molecular weight excluding hydrogens is 399 g/mol. The van der Waals surface area contributed by atoms with Crippen LogP contribution in [0.2, 0.25) is 0 Å². The van der Waals surface area contributed by atoms with E-state index in [4.69, 9.17) is 12.3 Å². The molecule has 2 amide bonds. The van der Waals surface area contributed by atoms with E-state index < -0.39 is 11.4 Å². The van der Waals surface area contributed by atoms with Crippen molar-refractivity contribution in [3.63, 3.8) is 0 Å². The molecule has 2 aromatic rings. The Hall–Kier alpha value is -3.25. The topological polar surface area (TPSA) is 97.6 Å². The molecule has 162 valence electrons. The second-order valence-corrected chi connectivity index (χ2v) is 8.41. The molecule has 0 radical (unpaired) electrons. The van der Waals surface area contributed by atoms with Crippen molar-refractivity contribution in [2.45, 2.75) is 37.8 Å². The molecule has 2 heterocycles. The fourth-order valence-corrected chi connectivity index (χ4v) is 4.08. The first-order valence-electron chi connectivity index (χ1n) is 10.4. The molecule has 3 N–H and O–H groups in total. The van der Waals surface area contributed by atoms with Crippen molar-refractivity contribution in [1.82, 2.24) is 14.7 Å². The Bertz CT molecular complexity index is 1030. The highest BCUT2D eigenvalue weighted by Gasteiger charge is 2.41. The van der Waals surface area contributed by atoms with Gasteiger partial charge < -0.3 is 15.9 Å². The van der Waals surface area contributed by atoms with Gasteiger partial charge in [0.2, 0.25) is 12.5 Å². The predicted octanol–water partition coefficient (Wildman–Crippen LogP) is 2.38. The van der Waals surface area contributed by atoms with E-state index in [0.29, 0.717) is 32.5 Å². The highest BCUT2D eigenvalue weighted by Crippen LogP contribution is 2.34. The number of rotatable bonds is 7. The van der Waals surface area contributed by atoms with Crippen LogP contribution in [0.5, 0.6) is 0 Å². The summed E-state index contributed by atoms with van der Waals surface area (Å²) in [4.78, 5) is 30.0. The number of hydrogen-bond donors (Lipinski definition) is 2. The Labute approximate surface area is 180 Å². The Kier molecular flexibility index (Phi) is 5.74. The fourth-order valence-electron chi connectivity index (χ4n) is 4.08. The standard InChI is InChI=1S/C22H25FN6O2/c1-25-14-22(7-9-28(10-8-22)12-15-3-2-4-17(23)11-15)29-13-18(19(24)30)20(27-29)26-21(31)16-5-6-16/h2-4,11,13,16H,5-10,12,14H2,(H2,24,30)(H,26,27,31). The molecule has 1 aromatic carbocycles. The Morgan fingerprint density at radius 1 is 1.32 bits per heavy atom. The van der Waals surface area contributed by atoms with E-state index in [-0.39, 0.29) is 35.6 Å². The van der Waals surface area contributed by atoms with E-state index in [9.17, 15) is 14.0 Å². The number of carbonyl (C=O) groups excluding carboxylic acids is 2. The van der Waals surface area contributed by atoms with Gasteiger partial charge in [-0.3, -0.25) is 19.2 Å². The van der Waals surface area contributed by atoms with Gasteiger partial charge in [0.25, 0.3) is 5.91 Å². The number of hydrogen-bond acceptors (Lipinski definition) is 4. The number of piperidine rings is 1. The largest absolute Gasteiger partial charge is 0.365 e. The molecule has 1 aliphatic heterocycles. The summed E-state index contributed by atoms with van der Waals surface area (Å²) in [5.74, 6) is -0.950. The molecule has 0 bridgehead atoms. The minimum atomic E-state index is -0.668. The summed E-state index contributed by atoms with van der Waals surface area (Å²) >= 11 is 0. The maximum Gasteiger partial charge on any atom is 0.254 e. The molecule has 1 aliphatic carbocycles. The smallest absolute Gasteiger partial charge is 0.254 e. The lowest BCUT2D eigenvalue weighted by Gasteiger charge is -2.38. The maximum atomic E-state index is 13.5. The summed E-state index contributed by atoms with van der Waals surface area (Å²) in [6.07, 6.45) is 4.50. The van der Waals surface area contributed by atoms with Crippen molar-refractivity contribution in [2.24, 2.45) is 11.7 Å². The number of halogens is 1. The first-order valence-corrected chi connectivity index (χ1v) is 10.4. The third-order valence-corrected chi connectivity index (χ3v) is 6.11. The first-order chi connectivity index (χ1) is 14.9. The number of aromatic nitrogens is 2. The van der Waals surface area contributed by atoms with Gasteiger partial charge in [-0.25, -0.2) is 11.0 Å². The summed E-state index contributed by atoms with van der Waals surface area (Å²) in [7, 11) is 0. The molecule has 4 rings (SSSR count). The minimum absolute atomic E-state index is 0.0332. The SMILES string of the molecule is [C-]#[N+]CC1(n2cc(C(N)=O)c(NC(=O)C3CC3)n2)CCN(Cc2cccc(F)c2)CC1. The lowest BCUT2D eigenvalue weighted by Crippen LogP contribution is -2.48. The number of nitrogens with zero attached hydrogens (tertiary/aromatic N) is 4. The van der Waals surface area contributed by atoms with Gasteiger partial charge in [0.1, 0.15) is 16.9 Å². The molecule has 1 saturated carbocycles. The van der Waals surface area contributed by atoms with Crippen LogP contribution >= 0.6 is 0 Å². The van der Waals surface area contributed by atoms with Crippen LogP contribution in [0, 0.1) is 18.3 Å². The third-order valence-electron chi connectivity index (χ3n) is 6.11. The molecule has 2 fully saturated rings. The van der Waals surface area contributed by atoms with Gasteiger partial charge in [0.15, 0.2) is 5.82 Å². The van der Waals surface area contributed by atoms with E-state index in [0.717, 1.165) is 18.4 Å². The number of primary amides is 1. The lowest BCUT2D eigenvalue weighted by atomic mass is 9.87. The van der Waals surface area contributed by atoms with Crippen LogP contribution in [-0.2, 0) is 16.9 Å². The van der Waals surface area contributed by atoms with E-state index in [1.807, 2.05) is 6.07 Å². The Balaban J connectivity index is 1.52. The van der Waals surface area contributed by atoms with Crippen LogP contribution in [0.15, 0.2) is 30.5 Å². The van der Waals surface area contributed by atoms with Crippen molar-refractivity contribution in [2.75, 3.05) is 25.0 Å². The van der Waals surface area contributed by atoms with Gasteiger partial charge in [-0.15, -0.1) is 0 Å². The van der Waals surface area contributed by atoms with Crippen LogP contribution in [0.25, 0.3) is 4.85 Å². The average Bonchev–Trinajstić information content (AvgIpc) is 3.50. The van der Waals surface area contributed by atoms with Gasteiger partial charge >= 0.3 is 0 Å². The van der Waals surface area contributed by atoms with Crippen LogP contribution in [0.1, 0.15) is 41.6 Å². The van der Waals surface area contributed by atoms with E-state index in [1.165, 1.54) is 12.1 Å². The highest BCUT2D eigenvalue weighted by atomic mass is 19.1.